The van der Waals surface area contributed by atoms with Gasteiger partial charge >= 0.3 is 12.6 Å². The van der Waals surface area contributed by atoms with Crippen LogP contribution in [0.3, 0.4) is 0 Å². The van der Waals surface area contributed by atoms with Crippen LogP contribution in [-0.2, 0) is 4.79 Å². The molecule has 0 aliphatic heterocycles. The Hall–Kier alpha value is -2.18. The molecule has 5 nitrogen and oxygen atoms in total. The zero-order valence-electron chi connectivity index (χ0n) is 12.0. The highest BCUT2D eigenvalue weighted by Gasteiger charge is 2.29. The second-order valence-corrected chi connectivity index (χ2v) is 5.36. The summed E-state index contributed by atoms with van der Waals surface area (Å²) in [6.45, 7) is 1.74. The smallest absolute Gasteiger partial charge is 0.387 e. The van der Waals surface area contributed by atoms with Crippen molar-refractivity contribution in [2.45, 2.75) is 32.9 Å². The highest BCUT2D eigenvalue weighted by Crippen LogP contribution is 2.20. The van der Waals surface area contributed by atoms with Gasteiger partial charge in [0.25, 0.3) is 5.91 Å². The molecule has 0 heterocycles. The van der Waals surface area contributed by atoms with Crippen LogP contribution in [0.25, 0.3) is 0 Å². The molecule has 1 aromatic carbocycles. The summed E-state index contributed by atoms with van der Waals surface area (Å²) >= 11 is 0. The second-order valence-electron chi connectivity index (χ2n) is 5.36. The molecule has 1 amide bonds. The van der Waals surface area contributed by atoms with Crippen LogP contribution in [0.4, 0.5) is 8.78 Å². The number of halogens is 2. The van der Waals surface area contributed by atoms with E-state index in [1.165, 1.54) is 29.2 Å². The van der Waals surface area contributed by atoms with Crippen LogP contribution in [0.15, 0.2) is 24.3 Å². The highest BCUT2D eigenvalue weighted by molar-refractivity contribution is 5.96. The first-order chi connectivity index (χ1) is 9.61. The molecule has 7 heteroatoms. The lowest BCUT2D eigenvalue weighted by Crippen LogP contribution is -2.48. The van der Waals surface area contributed by atoms with Crippen molar-refractivity contribution in [1.29, 1.82) is 0 Å². The number of benzene rings is 1. The first-order valence-corrected chi connectivity index (χ1v) is 6.20. The lowest BCUT2D eigenvalue weighted by Gasteiger charge is -2.34. The van der Waals surface area contributed by atoms with Crippen LogP contribution in [0.5, 0.6) is 5.75 Å². The van der Waals surface area contributed by atoms with Crippen molar-refractivity contribution in [3.05, 3.63) is 29.8 Å². The van der Waals surface area contributed by atoms with Gasteiger partial charge in [-0.05, 0) is 45.0 Å². The van der Waals surface area contributed by atoms with Gasteiger partial charge in [0.1, 0.15) is 12.3 Å². The number of hydrogen-bond acceptors (Lipinski definition) is 3. The van der Waals surface area contributed by atoms with Crippen molar-refractivity contribution >= 4 is 11.9 Å². The summed E-state index contributed by atoms with van der Waals surface area (Å²) in [6.07, 6.45) is 0. The van der Waals surface area contributed by atoms with Gasteiger partial charge in [0, 0.05) is 11.1 Å². The van der Waals surface area contributed by atoms with Gasteiger partial charge in [0.05, 0.1) is 0 Å². The predicted molar refractivity (Wildman–Crippen MR) is 71.5 cm³/mol. The summed E-state index contributed by atoms with van der Waals surface area (Å²) in [5.41, 5.74) is -0.485. The summed E-state index contributed by atoms with van der Waals surface area (Å²) in [6, 6.07) is 5.11. The molecule has 0 bridgehead atoms. The Bertz CT molecular complexity index is 509. The van der Waals surface area contributed by atoms with E-state index in [1.54, 1.807) is 20.8 Å². The van der Waals surface area contributed by atoms with Gasteiger partial charge in [-0.3, -0.25) is 9.59 Å². The van der Waals surface area contributed by atoms with Crippen molar-refractivity contribution in [2.24, 2.45) is 0 Å². The molecule has 1 aromatic rings. The molecule has 0 aliphatic rings. The zero-order chi connectivity index (χ0) is 16.2. The molecule has 1 N–H and O–H groups in total. The maximum Gasteiger partial charge on any atom is 0.387 e. The minimum atomic E-state index is -2.94. The minimum Gasteiger partial charge on any atom is -0.480 e. The molecule has 0 radical (unpaired) electrons. The van der Waals surface area contributed by atoms with E-state index in [-0.39, 0.29) is 11.3 Å². The van der Waals surface area contributed by atoms with Crippen LogP contribution >= 0.6 is 0 Å². The summed E-state index contributed by atoms with van der Waals surface area (Å²) < 4.78 is 28.3. The van der Waals surface area contributed by atoms with Gasteiger partial charge < -0.3 is 14.7 Å². The number of rotatable bonds is 5. The molecular formula is C14H17F2NO4. The van der Waals surface area contributed by atoms with Crippen LogP contribution in [0.1, 0.15) is 31.1 Å². The zero-order valence-corrected chi connectivity index (χ0v) is 12.0. The lowest BCUT2D eigenvalue weighted by molar-refractivity contribution is -0.138. The molecule has 0 fully saturated rings. The maximum absolute atomic E-state index is 12.3. The molecular weight excluding hydrogens is 284 g/mol. The van der Waals surface area contributed by atoms with Crippen LogP contribution < -0.4 is 4.74 Å². The molecule has 0 atom stereocenters. The number of nitrogens with zero attached hydrogens (tertiary/aromatic N) is 1. The molecule has 0 saturated heterocycles. The Morgan fingerprint density at radius 2 is 1.76 bits per heavy atom. The molecule has 21 heavy (non-hydrogen) atoms. The summed E-state index contributed by atoms with van der Waals surface area (Å²) in [4.78, 5) is 24.4. The van der Waals surface area contributed by atoms with Gasteiger partial charge in [-0.15, -0.1) is 0 Å². The van der Waals surface area contributed by atoms with Gasteiger partial charge in [0.2, 0.25) is 0 Å². The van der Waals surface area contributed by atoms with Crippen molar-refractivity contribution in [3.63, 3.8) is 0 Å². The van der Waals surface area contributed by atoms with Crippen molar-refractivity contribution in [3.8, 4) is 5.75 Å². The summed E-state index contributed by atoms with van der Waals surface area (Å²) in [5.74, 6) is -1.69. The molecule has 0 unspecified atom stereocenters. The van der Waals surface area contributed by atoms with Gasteiger partial charge in [-0.2, -0.15) is 8.78 Å². The Balaban J connectivity index is 2.96. The monoisotopic (exact) mass is 301 g/mol. The van der Waals surface area contributed by atoms with Crippen molar-refractivity contribution in [2.75, 3.05) is 6.54 Å². The quantitative estimate of drug-likeness (QED) is 0.908. The normalized spacial score (nSPS) is 11.3. The Morgan fingerprint density at radius 3 is 2.14 bits per heavy atom. The SMILES string of the molecule is CC(C)(C)N(CC(=O)O)C(=O)c1ccc(OC(F)F)cc1. The number of carbonyl (C=O) groups is 2. The number of carboxylic acids is 1. The van der Waals surface area contributed by atoms with E-state index in [0.717, 1.165) is 0 Å². The summed E-state index contributed by atoms with van der Waals surface area (Å²) in [5, 5.41) is 8.89. The standard InChI is InChI=1S/C14H17F2NO4/c1-14(2,3)17(8-11(18)19)12(20)9-4-6-10(7-5-9)21-13(15)16/h4-7,13H,8H2,1-3H3,(H,18,19). The molecule has 0 saturated carbocycles. The fraction of sp³-hybridized carbons (Fsp3) is 0.429. The summed E-state index contributed by atoms with van der Waals surface area (Å²) in [7, 11) is 0. The topological polar surface area (TPSA) is 66.8 Å². The lowest BCUT2D eigenvalue weighted by atomic mass is 10.0. The number of carbonyl (C=O) groups excluding carboxylic acids is 1. The highest BCUT2D eigenvalue weighted by atomic mass is 19.3. The fourth-order valence-electron chi connectivity index (χ4n) is 1.68. The van der Waals surface area contributed by atoms with E-state index in [4.69, 9.17) is 5.11 Å². The Kier molecular flexibility index (Phi) is 5.23. The largest absolute Gasteiger partial charge is 0.480 e. The first-order valence-electron chi connectivity index (χ1n) is 6.20. The van der Waals surface area contributed by atoms with E-state index < -0.39 is 30.6 Å². The third-order valence-electron chi connectivity index (χ3n) is 2.67. The molecule has 1 rings (SSSR count). The number of ether oxygens (including phenoxy) is 1. The molecule has 0 aliphatic carbocycles. The number of carboxylic acid groups (broad SMARTS) is 1. The predicted octanol–water partition coefficient (Wildman–Crippen LogP) is 2.61. The van der Waals surface area contributed by atoms with Crippen LogP contribution in [0, 0.1) is 0 Å². The van der Waals surface area contributed by atoms with Crippen molar-refractivity contribution < 1.29 is 28.2 Å². The average Bonchev–Trinajstić information content (AvgIpc) is 2.34. The van der Waals surface area contributed by atoms with Crippen LogP contribution in [0.2, 0.25) is 0 Å². The first kappa shape index (κ1) is 16.9. The molecule has 0 spiro atoms. The third-order valence-corrected chi connectivity index (χ3v) is 2.67. The number of hydrogen-bond donors (Lipinski definition) is 1. The number of aliphatic carboxylic acids is 1. The van der Waals surface area contributed by atoms with Gasteiger partial charge in [-0.25, -0.2) is 0 Å². The van der Waals surface area contributed by atoms with E-state index in [0.29, 0.717) is 0 Å². The van der Waals surface area contributed by atoms with E-state index in [2.05, 4.69) is 4.74 Å². The van der Waals surface area contributed by atoms with E-state index in [9.17, 15) is 18.4 Å². The van der Waals surface area contributed by atoms with Crippen LogP contribution in [-0.4, -0.2) is 40.6 Å². The van der Waals surface area contributed by atoms with E-state index >= 15 is 0 Å². The maximum atomic E-state index is 12.3. The Labute approximate surface area is 121 Å². The molecule has 0 aromatic heterocycles. The average molecular weight is 301 g/mol. The molecule has 116 valence electrons. The van der Waals surface area contributed by atoms with E-state index in [1.807, 2.05) is 0 Å². The fourth-order valence-corrected chi connectivity index (χ4v) is 1.68. The second kappa shape index (κ2) is 6.51. The van der Waals surface area contributed by atoms with Gasteiger partial charge in [0.15, 0.2) is 0 Å². The minimum absolute atomic E-state index is 0.0675. The number of alkyl halides is 2. The number of amides is 1. The Morgan fingerprint density at radius 1 is 1.24 bits per heavy atom. The van der Waals surface area contributed by atoms with Crippen molar-refractivity contribution in [1.82, 2.24) is 4.90 Å². The van der Waals surface area contributed by atoms with Gasteiger partial charge in [-0.1, -0.05) is 0 Å². The third kappa shape index (κ3) is 5.02.